The van der Waals surface area contributed by atoms with E-state index in [9.17, 15) is 4.79 Å². The predicted octanol–water partition coefficient (Wildman–Crippen LogP) is -1.91. The molecule has 2 unspecified atom stereocenters. The van der Waals surface area contributed by atoms with Gasteiger partial charge in [0.1, 0.15) is 0 Å². The van der Waals surface area contributed by atoms with Crippen molar-refractivity contribution >= 4 is 19.9 Å². The van der Waals surface area contributed by atoms with Gasteiger partial charge in [-0.3, -0.25) is 0 Å². The molecule has 1 N–H and O–H groups in total. The van der Waals surface area contributed by atoms with Crippen molar-refractivity contribution in [3.8, 4) is 5.75 Å². The van der Waals surface area contributed by atoms with Crippen LogP contribution < -0.4 is 21.6 Å². The first kappa shape index (κ1) is 11.4. The number of hydrogen-bond acceptors (Lipinski definition) is 2. The molecular weight excluding hydrogens is 221 g/mol. The quantitative estimate of drug-likeness (QED) is 0.528. The van der Waals surface area contributed by atoms with E-state index in [1.165, 1.54) is 0 Å². The van der Waals surface area contributed by atoms with Crippen molar-refractivity contribution in [3.63, 3.8) is 0 Å². The van der Waals surface area contributed by atoms with Gasteiger partial charge in [0.25, 0.3) is 0 Å². The van der Waals surface area contributed by atoms with Crippen LogP contribution in [0.5, 0.6) is 5.75 Å². The number of rotatable bonds is 0. The smallest absolute Gasteiger partial charge is 0.319 e. The van der Waals surface area contributed by atoms with Crippen LogP contribution in [0.15, 0.2) is 24.3 Å². The summed E-state index contributed by atoms with van der Waals surface area (Å²) in [5.41, 5.74) is 0.976. The molecule has 5 heteroatoms. The Morgan fingerprint density at radius 2 is 2.07 bits per heavy atom. The first-order valence-corrected chi connectivity index (χ1v) is 5.80. The fourth-order valence-electron chi connectivity index (χ4n) is 1.52. The van der Waals surface area contributed by atoms with Gasteiger partial charge in [0, 0.05) is 12.7 Å². The van der Waals surface area contributed by atoms with E-state index < -0.39 is 8.30 Å². The minimum atomic E-state index is -0.728. The van der Waals surface area contributed by atoms with Gasteiger partial charge < -0.3 is 16.9 Å². The van der Waals surface area contributed by atoms with E-state index in [-0.39, 0.29) is 18.3 Å². The Bertz CT molecular complexity index is 358. The van der Waals surface area contributed by atoms with Crippen LogP contribution in [0, 0.1) is 0 Å². The number of nitrogens with one attached hydrogen (secondary N) is 1. The van der Waals surface area contributed by atoms with Crippen LogP contribution in [-0.2, 0) is 4.79 Å². The fourth-order valence-corrected chi connectivity index (χ4v) is 3.03. The molecule has 2 rings (SSSR count). The molecular formula is C9H11ClNO2P. The maximum Gasteiger partial charge on any atom is 0.319 e. The van der Waals surface area contributed by atoms with Gasteiger partial charge in [0.05, 0.1) is 6.92 Å². The Kier molecular flexibility index (Phi) is 3.48. The van der Waals surface area contributed by atoms with Gasteiger partial charge in [-0.2, -0.15) is 4.67 Å². The lowest BCUT2D eigenvalue weighted by molar-refractivity contribution is -0.599. The zero-order valence-electron chi connectivity index (χ0n) is 7.95. The summed E-state index contributed by atoms with van der Waals surface area (Å²) >= 11 is 0. The number of carbonyl (C=O) groups excluding carboxylic acids is 1. The maximum atomic E-state index is 11.3. The Labute approximate surface area is 90.4 Å². The monoisotopic (exact) mass is 231 g/mol. The number of benzene rings is 1. The third-order valence-electron chi connectivity index (χ3n) is 2.03. The third-order valence-corrected chi connectivity index (χ3v) is 3.68. The van der Waals surface area contributed by atoms with Gasteiger partial charge in [-0.05, 0) is 6.07 Å². The molecule has 0 aliphatic carbocycles. The molecule has 1 aromatic rings. The molecule has 3 nitrogen and oxygen atoms in total. The second kappa shape index (κ2) is 4.26. The minimum Gasteiger partial charge on any atom is -1.00 e. The lowest BCUT2D eigenvalue weighted by Crippen LogP contribution is -3.02. The van der Waals surface area contributed by atoms with Crippen LogP contribution in [0.25, 0.3) is 0 Å². The lowest BCUT2D eigenvalue weighted by atomic mass is 10.3. The predicted molar refractivity (Wildman–Crippen MR) is 51.2 cm³/mol. The molecule has 1 heterocycles. The van der Waals surface area contributed by atoms with E-state index in [0.717, 1.165) is 16.1 Å². The summed E-state index contributed by atoms with van der Waals surface area (Å²) in [7, 11) is -0.728. The van der Waals surface area contributed by atoms with Crippen LogP contribution in [0.4, 0.5) is 5.69 Å². The van der Waals surface area contributed by atoms with Gasteiger partial charge in [-0.15, -0.1) is 0 Å². The number of hydrogen-bond donors (Lipinski definition) is 1. The van der Waals surface area contributed by atoms with E-state index in [1.54, 1.807) is 6.92 Å². The van der Waals surface area contributed by atoms with Crippen molar-refractivity contribution in [2.45, 2.75) is 6.92 Å². The Hall–Kier alpha value is -0.630. The SMILES string of the molecule is CC(=O)[NH+]1c2ccccc2OP1C.[Cl-]. The van der Waals surface area contributed by atoms with Crippen molar-refractivity contribution in [2.75, 3.05) is 6.66 Å². The second-order valence-electron chi connectivity index (χ2n) is 2.99. The molecule has 0 fully saturated rings. The second-order valence-corrected chi connectivity index (χ2v) is 4.61. The van der Waals surface area contributed by atoms with Crippen molar-refractivity contribution in [2.24, 2.45) is 0 Å². The zero-order valence-corrected chi connectivity index (χ0v) is 9.60. The van der Waals surface area contributed by atoms with E-state index in [1.807, 2.05) is 30.9 Å². The molecule has 0 saturated carbocycles. The van der Waals surface area contributed by atoms with Crippen molar-refractivity contribution in [1.82, 2.24) is 0 Å². The summed E-state index contributed by atoms with van der Waals surface area (Å²) in [4.78, 5) is 11.3. The normalized spacial score (nSPS) is 23.3. The summed E-state index contributed by atoms with van der Waals surface area (Å²) in [6, 6.07) is 7.70. The molecule has 0 saturated heterocycles. The van der Waals surface area contributed by atoms with Gasteiger partial charge >= 0.3 is 14.2 Å². The van der Waals surface area contributed by atoms with Crippen molar-refractivity contribution < 1.29 is 26.4 Å². The number of para-hydroxylation sites is 2. The first-order chi connectivity index (χ1) is 6.20. The summed E-state index contributed by atoms with van der Waals surface area (Å²) in [5.74, 6) is 0.972. The summed E-state index contributed by atoms with van der Waals surface area (Å²) in [6.07, 6.45) is 0. The average molecular weight is 232 g/mol. The molecule has 0 bridgehead atoms. The minimum absolute atomic E-state index is 0. The highest BCUT2D eigenvalue weighted by Crippen LogP contribution is 2.39. The van der Waals surface area contributed by atoms with Crippen LogP contribution in [0.3, 0.4) is 0 Å². The number of fused-ring (bicyclic) bond motifs is 1. The van der Waals surface area contributed by atoms with Gasteiger partial charge in [0.2, 0.25) is 0 Å². The van der Waals surface area contributed by atoms with E-state index in [4.69, 9.17) is 4.52 Å². The number of carbonyl (C=O) groups is 1. The molecule has 2 atom stereocenters. The molecule has 14 heavy (non-hydrogen) atoms. The van der Waals surface area contributed by atoms with Gasteiger partial charge in [-0.25, -0.2) is 4.79 Å². The Morgan fingerprint density at radius 1 is 1.43 bits per heavy atom. The maximum absolute atomic E-state index is 11.3. The third kappa shape index (κ3) is 1.76. The Balaban J connectivity index is 0.000000980. The molecule has 0 aromatic heterocycles. The molecule has 0 radical (unpaired) electrons. The number of quaternary nitrogens is 1. The molecule has 0 spiro atoms. The summed E-state index contributed by atoms with van der Waals surface area (Å²) in [6.45, 7) is 3.56. The van der Waals surface area contributed by atoms with E-state index in [2.05, 4.69) is 0 Å². The van der Waals surface area contributed by atoms with E-state index >= 15 is 0 Å². The average Bonchev–Trinajstić information content (AvgIpc) is 2.39. The first-order valence-electron chi connectivity index (χ1n) is 4.09. The summed E-state index contributed by atoms with van der Waals surface area (Å²) < 4.78 is 6.44. The molecule has 1 amide bonds. The largest absolute Gasteiger partial charge is 1.00 e. The van der Waals surface area contributed by atoms with Crippen LogP contribution in [-0.4, -0.2) is 12.6 Å². The van der Waals surface area contributed by atoms with Crippen LogP contribution in [0.2, 0.25) is 0 Å². The summed E-state index contributed by atoms with van der Waals surface area (Å²) in [5, 5.41) is 0. The highest BCUT2D eigenvalue weighted by Gasteiger charge is 2.37. The fraction of sp³-hybridized carbons (Fsp3) is 0.222. The van der Waals surface area contributed by atoms with E-state index in [0.29, 0.717) is 0 Å². The van der Waals surface area contributed by atoms with Crippen LogP contribution >= 0.6 is 8.30 Å². The molecule has 1 aliphatic heterocycles. The van der Waals surface area contributed by atoms with Crippen molar-refractivity contribution in [3.05, 3.63) is 24.3 Å². The van der Waals surface area contributed by atoms with Crippen LogP contribution in [0.1, 0.15) is 6.92 Å². The number of amides is 1. The molecule has 76 valence electrons. The van der Waals surface area contributed by atoms with Gasteiger partial charge in [-0.1, -0.05) is 12.1 Å². The highest BCUT2D eigenvalue weighted by atomic mass is 35.5. The lowest BCUT2D eigenvalue weighted by Gasteiger charge is -2.08. The standard InChI is InChI=1S/C9H10NO2P.ClH/c1-7(11)10-8-5-3-4-6-9(8)12-13(10)2;/h3-6H,1-2H3;1H. The molecule has 1 aromatic carbocycles. The molecule has 1 aliphatic rings. The highest BCUT2D eigenvalue weighted by molar-refractivity contribution is 7.46. The zero-order chi connectivity index (χ0) is 9.42. The van der Waals surface area contributed by atoms with Crippen molar-refractivity contribution in [1.29, 1.82) is 0 Å². The topological polar surface area (TPSA) is 30.7 Å². The number of halogens is 1. The van der Waals surface area contributed by atoms with Gasteiger partial charge in [0.15, 0.2) is 11.4 Å². The Morgan fingerprint density at radius 3 is 2.71 bits per heavy atom.